The third-order valence-electron chi connectivity index (χ3n) is 3.35. The smallest absolute Gasteiger partial charge is 0.212 e. The molecule has 1 N–H and O–H groups in total. The summed E-state index contributed by atoms with van der Waals surface area (Å²) in [7, 11) is 1.65. The maximum Gasteiger partial charge on any atom is 0.212 e. The standard InChI is InChI=1S/C19H18BrNO3/c1-3-24-18-7-5-4-6-13(18)8-11-17(22)15-12-14(20)9-10-16(21-2)19(15)23/h4-12H,3H2,1-2H3,(H,21,23). The van der Waals surface area contributed by atoms with Gasteiger partial charge < -0.3 is 10.1 Å². The van der Waals surface area contributed by atoms with E-state index in [-0.39, 0.29) is 16.8 Å². The molecule has 2 aromatic carbocycles. The summed E-state index contributed by atoms with van der Waals surface area (Å²) in [5.74, 6) is 0.335. The van der Waals surface area contributed by atoms with Crippen molar-refractivity contribution in [3.8, 4) is 5.75 Å². The second-order valence-electron chi connectivity index (χ2n) is 4.94. The van der Waals surface area contributed by atoms with Crippen LogP contribution in [0.2, 0.25) is 0 Å². The van der Waals surface area contributed by atoms with E-state index in [0.29, 0.717) is 22.5 Å². The largest absolute Gasteiger partial charge is 0.493 e. The van der Waals surface area contributed by atoms with Gasteiger partial charge in [0.2, 0.25) is 5.43 Å². The average molecular weight is 388 g/mol. The molecule has 4 nitrogen and oxygen atoms in total. The summed E-state index contributed by atoms with van der Waals surface area (Å²) in [6.07, 6.45) is 3.05. The van der Waals surface area contributed by atoms with E-state index >= 15 is 0 Å². The highest BCUT2D eigenvalue weighted by Crippen LogP contribution is 2.20. The lowest BCUT2D eigenvalue weighted by Gasteiger charge is -2.05. The van der Waals surface area contributed by atoms with Gasteiger partial charge >= 0.3 is 0 Å². The van der Waals surface area contributed by atoms with E-state index in [4.69, 9.17) is 4.74 Å². The highest BCUT2D eigenvalue weighted by Gasteiger charge is 2.10. The van der Waals surface area contributed by atoms with Crippen molar-refractivity contribution in [2.45, 2.75) is 6.92 Å². The normalized spacial score (nSPS) is 10.6. The molecule has 2 aromatic rings. The second-order valence-corrected chi connectivity index (χ2v) is 5.85. The van der Waals surface area contributed by atoms with Crippen molar-refractivity contribution in [3.63, 3.8) is 0 Å². The molecule has 0 aliphatic rings. The molecular formula is C19H18BrNO3. The molecule has 0 bridgehead atoms. The van der Waals surface area contributed by atoms with Crippen molar-refractivity contribution in [2.75, 3.05) is 19.0 Å². The Hall–Kier alpha value is -2.40. The van der Waals surface area contributed by atoms with E-state index in [1.165, 1.54) is 12.1 Å². The van der Waals surface area contributed by atoms with Gasteiger partial charge in [0.05, 0.1) is 17.9 Å². The number of carbonyl (C=O) groups excluding carboxylic acids is 1. The first-order valence-electron chi connectivity index (χ1n) is 7.52. The molecule has 124 valence electrons. The Kier molecular flexibility index (Phi) is 6.32. The quantitative estimate of drug-likeness (QED) is 0.597. The van der Waals surface area contributed by atoms with E-state index in [0.717, 1.165) is 5.56 Å². The molecule has 0 aromatic heterocycles. The van der Waals surface area contributed by atoms with Crippen LogP contribution >= 0.6 is 15.9 Å². The molecule has 24 heavy (non-hydrogen) atoms. The fourth-order valence-corrected chi connectivity index (χ4v) is 2.54. The third-order valence-corrected chi connectivity index (χ3v) is 3.84. The molecule has 0 heterocycles. The number of benzene rings is 1. The highest BCUT2D eigenvalue weighted by molar-refractivity contribution is 9.10. The van der Waals surface area contributed by atoms with Gasteiger partial charge in [-0.3, -0.25) is 9.59 Å². The Morgan fingerprint density at radius 3 is 2.71 bits per heavy atom. The monoisotopic (exact) mass is 387 g/mol. The van der Waals surface area contributed by atoms with Gasteiger partial charge in [-0.1, -0.05) is 34.1 Å². The number of nitrogens with one attached hydrogen (secondary N) is 1. The number of ether oxygens (including phenoxy) is 1. The molecule has 0 atom stereocenters. The number of allylic oxidation sites excluding steroid dienone is 1. The number of para-hydroxylation sites is 1. The van der Waals surface area contributed by atoms with Crippen molar-refractivity contribution in [1.82, 2.24) is 0 Å². The summed E-state index contributed by atoms with van der Waals surface area (Å²) in [6.45, 7) is 2.44. The Morgan fingerprint density at radius 2 is 2.00 bits per heavy atom. The number of hydrogen-bond acceptors (Lipinski definition) is 4. The minimum absolute atomic E-state index is 0.0985. The molecular weight excluding hydrogens is 370 g/mol. The first kappa shape index (κ1) is 17.9. The van der Waals surface area contributed by atoms with Gasteiger partial charge in [-0.2, -0.15) is 0 Å². The van der Waals surface area contributed by atoms with Gasteiger partial charge in [0, 0.05) is 17.1 Å². The number of halogens is 1. The van der Waals surface area contributed by atoms with Gasteiger partial charge in [-0.05, 0) is 43.3 Å². The first-order chi connectivity index (χ1) is 11.6. The maximum absolute atomic E-state index is 12.5. The highest BCUT2D eigenvalue weighted by atomic mass is 79.9. The van der Waals surface area contributed by atoms with E-state index in [1.54, 1.807) is 25.3 Å². The molecule has 0 saturated carbocycles. The minimum Gasteiger partial charge on any atom is -0.493 e. The summed E-state index contributed by atoms with van der Waals surface area (Å²) >= 11 is 3.32. The van der Waals surface area contributed by atoms with Gasteiger partial charge in [0.1, 0.15) is 5.75 Å². The van der Waals surface area contributed by atoms with E-state index in [9.17, 15) is 9.59 Å². The second kappa shape index (κ2) is 8.45. The predicted octanol–water partition coefficient (Wildman–Crippen LogP) is 4.15. The third kappa shape index (κ3) is 4.32. The summed E-state index contributed by atoms with van der Waals surface area (Å²) in [5.41, 5.74) is 0.915. The van der Waals surface area contributed by atoms with Gasteiger partial charge in [0.25, 0.3) is 0 Å². The first-order valence-corrected chi connectivity index (χ1v) is 8.32. The molecule has 0 fully saturated rings. The molecule has 0 amide bonds. The van der Waals surface area contributed by atoms with Crippen molar-refractivity contribution in [1.29, 1.82) is 0 Å². The number of rotatable bonds is 6. The van der Waals surface area contributed by atoms with Crippen LogP contribution in [-0.2, 0) is 0 Å². The van der Waals surface area contributed by atoms with Crippen LogP contribution in [0.3, 0.4) is 0 Å². The number of ketones is 1. The van der Waals surface area contributed by atoms with E-state index < -0.39 is 0 Å². The van der Waals surface area contributed by atoms with Gasteiger partial charge in [0.15, 0.2) is 5.78 Å². The van der Waals surface area contributed by atoms with Crippen molar-refractivity contribution >= 4 is 33.5 Å². The Bertz CT molecular complexity index is 831. The summed E-state index contributed by atoms with van der Waals surface area (Å²) in [5, 5.41) is 2.81. The van der Waals surface area contributed by atoms with E-state index in [1.807, 2.05) is 31.2 Å². The number of hydrogen-bond donors (Lipinski definition) is 1. The minimum atomic E-state index is -0.361. The number of carbonyl (C=O) groups is 1. The Morgan fingerprint density at radius 1 is 1.25 bits per heavy atom. The zero-order chi connectivity index (χ0) is 17.5. The lowest BCUT2D eigenvalue weighted by atomic mass is 10.1. The Labute approximate surface area is 149 Å². The molecule has 0 unspecified atom stereocenters. The molecule has 0 spiro atoms. The van der Waals surface area contributed by atoms with Gasteiger partial charge in [-0.15, -0.1) is 0 Å². The lowest BCUT2D eigenvalue weighted by molar-refractivity contribution is 0.104. The van der Waals surface area contributed by atoms with Crippen LogP contribution in [0, 0.1) is 0 Å². The average Bonchev–Trinajstić information content (AvgIpc) is 2.73. The molecule has 0 saturated heterocycles. The fourth-order valence-electron chi connectivity index (χ4n) is 2.18. The van der Waals surface area contributed by atoms with Crippen LogP contribution in [0.25, 0.3) is 6.08 Å². The van der Waals surface area contributed by atoms with E-state index in [2.05, 4.69) is 21.2 Å². The van der Waals surface area contributed by atoms with Crippen LogP contribution in [0.1, 0.15) is 22.8 Å². The van der Waals surface area contributed by atoms with Gasteiger partial charge in [-0.25, -0.2) is 0 Å². The zero-order valence-electron chi connectivity index (χ0n) is 13.5. The summed E-state index contributed by atoms with van der Waals surface area (Å²) in [6, 6.07) is 12.3. The van der Waals surface area contributed by atoms with Crippen LogP contribution in [0.4, 0.5) is 5.69 Å². The lowest BCUT2D eigenvalue weighted by Crippen LogP contribution is -2.14. The van der Waals surface area contributed by atoms with Crippen LogP contribution in [0.15, 0.2) is 57.8 Å². The Balaban J connectivity index is 2.39. The summed E-state index contributed by atoms with van der Waals surface area (Å²) < 4.78 is 6.19. The number of anilines is 1. The molecule has 0 radical (unpaired) electrons. The maximum atomic E-state index is 12.5. The fraction of sp³-hybridized carbons (Fsp3) is 0.158. The van der Waals surface area contributed by atoms with Crippen molar-refractivity contribution in [3.05, 3.63) is 74.4 Å². The van der Waals surface area contributed by atoms with Crippen molar-refractivity contribution in [2.24, 2.45) is 0 Å². The molecule has 0 aliphatic heterocycles. The zero-order valence-corrected chi connectivity index (χ0v) is 15.1. The van der Waals surface area contributed by atoms with Crippen LogP contribution in [0.5, 0.6) is 5.75 Å². The van der Waals surface area contributed by atoms with Crippen molar-refractivity contribution < 1.29 is 9.53 Å². The van der Waals surface area contributed by atoms with Crippen LogP contribution < -0.4 is 15.5 Å². The SMILES string of the molecule is CCOc1ccccc1C=CC(=O)c1cc(Br)ccc(NC)c1=O. The molecule has 5 heteroatoms. The van der Waals surface area contributed by atoms with Crippen LogP contribution in [-0.4, -0.2) is 19.4 Å². The molecule has 0 aliphatic carbocycles. The molecule has 2 rings (SSSR count). The summed E-state index contributed by atoms with van der Waals surface area (Å²) in [4.78, 5) is 24.9. The topological polar surface area (TPSA) is 55.4 Å². The predicted molar refractivity (Wildman–Crippen MR) is 101 cm³/mol.